The molecule has 3 rings (SSSR count). The predicted molar refractivity (Wildman–Crippen MR) is 77.8 cm³/mol. The first-order chi connectivity index (χ1) is 10.1. The van der Waals surface area contributed by atoms with Crippen LogP contribution in [0.5, 0.6) is 0 Å². The lowest BCUT2D eigenvalue weighted by Crippen LogP contribution is -2.30. The maximum Gasteiger partial charge on any atom is 0.269 e. The van der Waals surface area contributed by atoms with Crippen molar-refractivity contribution in [1.29, 1.82) is 0 Å². The van der Waals surface area contributed by atoms with Crippen LogP contribution < -0.4 is 5.32 Å². The highest BCUT2D eigenvalue weighted by Crippen LogP contribution is 2.25. The number of nitro benzene ring substituents is 1. The number of amidine groups is 1. The number of fused-ring (bicyclic) bond motifs is 1. The topological polar surface area (TPSA) is 84.6 Å². The molecule has 0 spiro atoms. The van der Waals surface area contributed by atoms with E-state index in [1.165, 1.54) is 24.3 Å². The molecule has 0 saturated carbocycles. The second kappa shape index (κ2) is 5.16. The van der Waals surface area contributed by atoms with Crippen LogP contribution in [0.3, 0.4) is 0 Å². The van der Waals surface area contributed by atoms with Gasteiger partial charge in [-0.3, -0.25) is 14.9 Å². The van der Waals surface area contributed by atoms with Gasteiger partial charge in [-0.1, -0.05) is 18.2 Å². The van der Waals surface area contributed by atoms with E-state index in [0.29, 0.717) is 17.8 Å². The minimum atomic E-state index is -0.501. The van der Waals surface area contributed by atoms with Crippen LogP contribution in [0.25, 0.3) is 0 Å². The Hall–Kier alpha value is -3.02. The fourth-order valence-electron chi connectivity index (χ4n) is 2.14. The Labute approximate surface area is 120 Å². The molecule has 0 fully saturated rings. The number of aliphatic imine (C=N–C) groups is 1. The fourth-order valence-corrected chi connectivity index (χ4v) is 2.14. The summed E-state index contributed by atoms with van der Waals surface area (Å²) >= 11 is 0. The summed E-state index contributed by atoms with van der Waals surface area (Å²) in [6.45, 7) is 0. The molecule has 0 saturated heterocycles. The molecular weight excluding hydrogens is 270 g/mol. The molecule has 0 unspecified atom stereocenters. The highest BCUT2D eigenvalue weighted by atomic mass is 16.6. The summed E-state index contributed by atoms with van der Waals surface area (Å²) in [5.41, 5.74) is 2.24. The molecule has 1 N–H and O–H groups in total. The van der Waals surface area contributed by atoms with Gasteiger partial charge in [0, 0.05) is 24.1 Å². The van der Waals surface area contributed by atoms with E-state index in [1.54, 1.807) is 0 Å². The zero-order chi connectivity index (χ0) is 14.8. The molecule has 2 aromatic rings. The molecule has 2 aromatic carbocycles. The Balaban J connectivity index is 1.72. The van der Waals surface area contributed by atoms with Crippen molar-refractivity contribution >= 4 is 23.1 Å². The molecule has 21 heavy (non-hydrogen) atoms. The minimum Gasteiger partial charge on any atom is -0.310 e. The van der Waals surface area contributed by atoms with Crippen LogP contribution in [0, 0.1) is 10.1 Å². The highest BCUT2D eigenvalue weighted by Gasteiger charge is 2.17. The van der Waals surface area contributed by atoms with Crippen LogP contribution in [0.4, 0.5) is 11.4 Å². The summed E-state index contributed by atoms with van der Waals surface area (Å²) in [5.74, 6) is 0.260. The van der Waals surface area contributed by atoms with Crippen molar-refractivity contribution in [3.8, 4) is 0 Å². The first-order valence-corrected chi connectivity index (χ1v) is 6.35. The Morgan fingerprint density at radius 2 is 1.86 bits per heavy atom. The van der Waals surface area contributed by atoms with E-state index in [-0.39, 0.29) is 11.6 Å². The number of hydrogen-bond donors (Lipinski definition) is 1. The normalized spacial score (nSPS) is 12.5. The molecule has 104 valence electrons. The van der Waals surface area contributed by atoms with Gasteiger partial charge in [-0.05, 0) is 23.8 Å². The average molecular weight is 281 g/mol. The zero-order valence-corrected chi connectivity index (χ0v) is 10.9. The van der Waals surface area contributed by atoms with Crippen LogP contribution in [0.2, 0.25) is 0 Å². The predicted octanol–water partition coefficient (Wildman–Crippen LogP) is 2.61. The molecule has 0 radical (unpaired) electrons. The summed E-state index contributed by atoms with van der Waals surface area (Å²) in [5, 5.41) is 13.3. The van der Waals surface area contributed by atoms with Crippen molar-refractivity contribution in [3.63, 3.8) is 0 Å². The number of rotatable bonds is 2. The standard InChI is InChI=1S/C15H11N3O3/c19-15(10-5-7-12(8-6-10)18(20)21)17-14-9-11-3-1-2-4-13(11)16-14/h1-8H,9H2,(H,16,17,19). The third kappa shape index (κ3) is 2.64. The van der Waals surface area contributed by atoms with Gasteiger partial charge in [0.2, 0.25) is 0 Å². The molecule has 1 amide bonds. The molecule has 0 aromatic heterocycles. The van der Waals surface area contributed by atoms with Crippen LogP contribution >= 0.6 is 0 Å². The summed E-state index contributed by atoms with van der Waals surface area (Å²) < 4.78 is 0. The largest absolute Gasteiger partial charge is 0.310 e. The summed E-state index contributed by atoms with van der Waals surface area (Å²) in [6.07, 6.45) is 0.578. The number of non-ortho nitro benzene ring substituents is 1. The molecular formula is C15H11N3O3. The Morgan fingerprint density at radius 3 is 2.52 bits per heavy atom. The average Bonchev–Trinajstić information content (AvgIpc) is 2.89. The number of carbonyl (C=O) groups excluding carboxylic acids is 1. The zero-order valence-electron chi connectivity index (χ0n) is 10.9. The summed E-state index contributed by atoms with van der Waals surface area (Å²) in [6, 6.07) is 13.1. The number of para-hydroxylation sites is 1. The lowest BCUT2D eigenvalue weighted by atomic mass is 10.1. The second-order valence-electron chi connectivity index (χ2n) is 4.62. The van der Waals surface area contributed by atoms with Crippen molar-refractivity contribution in [2.75, 3.05) is 0 Å². The van der Waals surface area contributed by atoms with E-state index in [4.69, 9.17) is 0 Å². The summed E-state index contributed by atoms with van der Waals surface area (Å²) in [4.78, 5) is 26.5. The van der Waals surface area contributed by atoms with Crippen molar-refractivity contribution < 1.29 is 9.72 Å². The van der Waals surface area contributed by atoms with E-state index < -0.39 is 4.92 Å². The van der Waals surface area contributed by atoms with Gasteiger partial charge in [0.15, 0.2) is 0 Å². The number of nitro groups is 1. The molecule has 1 heterocycles. The second-order valence-corrected chi connectivity index (χ2v) is 4.62. The van der Waals surface area contributed by atoms with E-state index in [9.17, 15) is 14.9 Å². The van der Waals surface area contributed by atoms with E-state index in [1.807, 2.05) is 24.3 Å². The maximum atomic E-state index is 12.1. The van der Waals surface area contributed by atoms with Gasteiger partial charge in [0.1, 0.15) is 5.84 Å². The molecule has 0 aliphatic carbocycles. The van der Waals surface area contributed by atoms with Gasteiger partial charge >= 0.3 is 0 Å². The SMILES string of the molecule is O=C(NC1=Nc2ccccc2C1)c1ccc([N+](=O)[O-])cc1. The fraction of sp³-hybridized carbons (Fsp3) is 0.0667. The first-order valence-electron chi connectivity index (χ1n) is 6.35. The Kier molecular flexibility index (Phi) is 3.19. The summed E-state index contributed by atoms with van der Waals surface area (Å²) in [7, 11) is 0. The molecule has 1 aliphatic rings. The molecule has 0 atom stereocenters. The van der Waals surface area contributed by atoms with Crippen LogP contribution in [-0.4, -0.2) is 16.7 Å². The van der Waals surface area contributed by atoms with Gasteiger partial charge in [-0.2, -0.15) is 0 Å². The number of carbonyl (C=O) groups is 1. The lowest BCUT2D eigenvalue weighted by Gasteiger charge is -2.04. The van der Waals surface area contributed by atoms with E-state index in [0.717, 1.165) is 11.3 Å². The van der Waals surface area contributed by atoms with Crippen molar-refractivity contribution in [2.45, 2.75) is 6.42 Å². The van der Waals surface area contributed by atoms with Gasteiger partial charge in [-0.25, -0.2) is 4.99 Å². The molecule has 6 nitrogen and oxygen atoms in total. The van der Waals surface area contributed by atoms with Crippen molar-refractivity contribution in [1.82, 2.24) is 5.32 Å². The van der Waals surface area contributed by atoms with Gasteiger partial charge < -0.3 is 5.32 Å². The quantitative estimate of drug-likeness (QED) is 0.678. The van der Waals surface area contributed by atoms with Crippen LogP contribution in [-0.2, 0) is 6.42 Å². The number of hydrogen-bond acceptors (Lipinski definition) is 4. The van der Waals surface area contributed by atoms with Crippen molar-refractivity contribution in [2.24, 2.45) is 4.99 Å². The van der Waals surface area contributed by atoms with Crippen molar-refractivity contribution in [3.05, 3.63) is 69.8 Å². The molecule has 1 aliphatic heterocycles. The van der Waals surface area contributed by atoms with Crippen LogP contribution in [0.15, 0.2) is 53.5 Å². The first kappa shape index (κ1) is 13.0. The number of benzene rings is 2. The van der Waals surface area contributed by atoms with E-state index >= 15 is 0 Å². The van der Waals surface area contributed by atoms with Gasteiger partial charge in [0.25, 0.3) is 11.6 Å². The number of amides is 1. The number of nitrogens with one attached hydrogen (secondary N) is 1. The van der Waals surface area contributed by atoms with Gasteiger partial charge in [0.05, 0.1) is 10.6 Å². The Bertz CT molecular complexity index is 751. The third-order valence-corrected chi connectivity index (χ3v) is 3.20. The number of nitrogens with zero attached hydrogens (tertiary/aromatic N) is 2. The lowest BCUT2D eigenvalue weighted by molar-refractivity contribution is -0.384. The van der Waals surface area contributed by atoms with Gasteiger partial charge in [-0.15, -0.1) is 0 Å². The molecule has 0 bridgehead atoms. The third-order valence-electron chi connectivity index (χ3n) is 3.20. The smallest absolute Gasteiger partial charge is 0.269 e. The maximum absolute atomic E-state index is 12.1. The Morgan fingerprint density at radius 1 is 1.14 bits per heavy atom. The monoisotopic (exact) mass is 281 g/mol. The van der Waals surface area contributed by atoms with Crippen LogP contribution in [0.1, 0.15) is 15.9 Å². The highest BCUT2D eigenvalue weighted by molar-refractivity contribution is 6.09. The molecule has 6 heteroatoms. The minimum absolute atomic E-state index is 0.0443. The van der Waals surface area contributed by atoms with E-state index in [2.05, 4.69) is 10.3 Å².